The first-order valence-electron chi connectivity index (χ1n) is 5.63. The number of rotatable bonds is 4. The summed E-state index contributed by atoms with van der Waals surface area (Å²) in [6.07, 6.45) is 2.00. The maximum absolute atomic E-state index is 13.2. The van der Waals surface area contributed by atoms with Crippen molar-refractivity contribution < 1.29 is 4.39 Å². The molecule has 1 aromatic rings. The molecule has 0 spiro atoms. The van der Waals surface area contributed by atoms with Crippen LogP contribution >= 0.6 is 0 Å². The second-order valence-corrected chi connectivity index (χ2v) is 4.26. The molecule has 0 atom stereocenters. The highest BCUT2D eigenvalue weighted by Gasteiger charge is 2.05. The predicted molar refractivity (Wildman–Crippen MR) is 67.9 cm³/mol. The Hall–Kier alpha value is -1.66. The lowest BCUT2D eigenvalue weighted by molar-refractivity contribution is 0.624. The number of nitrogens with zero attached hydrogens (tertiary/aromatic N) is 1. The molecule has 0 aliphatic carbocycles. The van der Waals surface area contributed by atoms with Gasteiger partial charge in [0.25, 0.3) is 0 Å². The van der Waals surface area contributed by atoms with E-state index in [-0.39, 0.29) is 5.56 Å². The van der Waals surface area contributed by atoms with Crippen LogP contribution in [0.25, 0.3) is 6.08 Å². The molecule has 17 heavy (non-hydrogen) atoms. The Kier molecular flexibility index (Phi) is 4.86. The molecule has 0 unspecified atom stereocenters. The second-order valence-electron chi connectivity index (χ2n) is 4.26. The molecule has 1 rings (SSSR count). The zero-order chi connectivity index (χ0) is 12.8. The minimum Gasteiger partial charge on any atom is -0.316 e. The monoisotopic (exact) mass is 232 g/mol. The predicted octanol–water partition coefficient (Wildman–Crippen LogP) is 2.96. The lowest BCUT2D eigenvalue weighted by atomic mass is 9.99. The van der Waals surface area contributed by atoms with Gasteiger partial charge in [-0.15, -0.1) is 0 Å². The summed E-state index contributed by atoms with van der Waals surface area (Å²) in [5, 5.41) is 11.9. The van der Waals surface area contributed by atoms with Crippen molar-refractivity contribution in [2.75, 3.05) is 13.6 Å². The molecule has 0 amide bonds. The number of hydrogen-bond donors (Lipinski definition) is 1. The zero-order valence-electron chi connectivity index (χ0n) is 10.4. The molecule has 0 saturated carbocycles. The second kappa shape index (κ2) is 6.17. The summed E-state index contributed by atoms with van der Waals surface area (Å²) in [6.45, 7) is 5.01. The molecular weight excluding hydrogens is 215 g/mol. The van der Waals surface area contributed by atoms with Crippen molar-refractivity contribution in [3.63, 3.8) is 0 Å². The Bertz CT molecular complexity index is 456. The van der Waals surface area contributed by atoms with E-state index in [4.69, 9.17) is 5.26 Å². The molecular formula is C14H17FN2. The molecule has 0 heterocycles. The van der Waals surface area contributed by atoms with Crippen LogP contribution in [-0.4, -0.2) is 13.6 Å². The van der Waals surface area contributed by atoms with Gasteiger partial charge in [0.15, 0.2) is 0 Å². The van der Waals surface area contributed by atoms with E-state index in [0.717, 1.165) is 12.1 Å². The number of likely N-dealkylation sites (N-methyl/N-ethyl adjacent to an activating group) is 1. The van der Waals surface area contributed by atoms with E-state index < -0.39 is 5.82 Å². The van der Waals surface area contributed by atoms with E-state index in [1.165, 1.54) is 11.6 Å². The van der Waals surface area contributed by atoms with Gasteiger partial charge in [-0.1, -0.05) is 31.6 Å². The highest BCUT2D eigenvalue weighted by molar-refractivity contribution is 5.56. The molecule has 0 bridgehead atoms. The standard InChI is InChI=1S/C14H17FN2/c1-10(2)13(9-17-3)7-11-4-5-14(15)12(6-11)8-16/h4-7,10,17H,9H2,1-3H3/b13-7-. The molecule has 0 aliphatic rings. The van der Waals surface area contributed by atoms with Crippen LogP contribution in [0.15, 0.2) is 23.8 Å². The van der Waals surface area contributed by atoms with Crippen LogP contribution in [-0.2, 0) is 0 Å². The fourth-order valence-corrected chi connectivity index (χ4v) is 1.56. The van der Waals surface area contributed by atoms with Gasteiger partial charge in [-0.05, 0) is 30.7 Å². The average Bonchev–Trinajstić information content (AvgIpc) is 2.30. The van der Waals surface area contributed by atoms with Gasteiger partial charge in [0.2, 0.25) is 0 Å². The van der Waals surface area contributed by atoms with Crippen molar-refractivity contribution in [3.8, 4) is 6.07 Å². The highest BCUT2D eigenvalue weighted by Crippen LogP contribution is 2.16. The summed E-state index contributed by atoms with van der Waals surface area (Å²) < 4.78 is 13.2. The molecule has 0 fully saturated rings. The summed E-state index contributed by atoms with van der Waals surface area (Å²) in [7, 11) is 1.89. The SMILES string of the molecule is CNC/C(=C/c1ccc(F)c(C#N)c1)C(C)C. The first-order chi connectivity index (χ1) is 8.08. The zero-order valence-corrected chi connectivity index (χ0v) is 10.4. The summed E-state index contributed by atoms with van der Waals surface area (Å²) in [5.41, 5.74) is 2.18. The van der Waals surface area contributed by atoms with Gasteiger partial charge in [-0.25, -0.2) is 4.39 Å². The Morgan fingerprint density at radius 3 is 2.76 bits per heavy atom. The quantitative estimate of drug-likeness (QED) is 0.866. The topological polar surface area (TPSA) is 35.8 Å². The summed E-state index contributed by atoms with van der Waals surface area (Å²) >= 11 is 0. The van der Waals surface area contributed by atoms with E-state index in [9.17, 15) is 4.39 Å². The van der Waals surface area contributed by atoms with E-state index in [0.29, 0.717) is 5.92 Å². The molecule has 0 aliphatic heterocycles. The molecule has 0 radical (unpaired) electrons. The summed E-state index contributed by atoms with van der Waals surface area (Å²) in [6, 6.07) is 6.45. The van der Waals surface area contributed by atoms with Crippen LogP contribution in [0.4, 0.5) is 4.39 Å². The van der Waals surface area contributed by atoms with Crippen LogP contribution in [0.3, 0.4) is 0 Å². The molecule has 3 heteroatoms. The van der Waals surface area contributed by atoms with Crippen LogP contribution in [0.5, 0.6) is 0 Å². The van der Waals surface area contributed by atoms with Gasteiger partial charge in [0, 0.05) is 6.54 Å². The van der Waals surface area contributed by atoms with E-state index >= 15 is 0 Å². The van der Waals surface area contributed by atoms with Crippen LogP contribution in [0, 0.1) is 23.1 Å². The van der Waals surface area contributed by atoms with Gasteiger partial charge in [0.1, 0.15) is 11.9 Å². The van der Waals surface area contributed by atoms with Crippen LogP contribution < -0.4 is 5.32 Å². The van der Waals surface area contributed by atoms with Gasteiger partial charge in [-0.2, -0.15) is 5.26 Å². The van der Waals surface area contributed by atoms with E-state index in [1.54, 1.807) is 12.1 Å². The number of benzene rings is 1. The Morgan fingerprint density at radius 1 is 1.53 bits per heavy atom. The number of nitriles is 1. The molecule has 2 nitrogen and oxygen atoms in total. The van der Waals surface area contributed by atoms with Crippen molar-refractivity contribution in [2.45, 2.75) is 13.8 Å². The van der Waals surface area contributed by atoms with Gasteiger partial charge >= 0.3 is 0 Å². The van der Waals surface area contributed by atoms with Crippen molar-refractivity contribution in [1.29, 1.82) is 5.26 Å². The fourth-order valence-electron chi connectivity index (χ4n) is 1.56. The normalized spacial score (nSPS) is 11.6. The molecule has 1 N–H and O–H groups in total. The van der Waals surface area contributed by atoms with Gasteiger partial charge in [-0.3, -0.25) is 0 Å². The van der Waals surface area contributed by atoms with Crippen LogP contribution in [0.1, 0.15) is 25.0 Å². The van der Waals surface area contributed by atoms with Crippen molar-refractivity contribution in [2.24, 2.45) is 5.92 Å². The fraction of sp³-hybridized carbons (Fsp3) is 0.357. The van der Waals surface area contributed by atoms with Crippen molar-refractivity contribution in [3.05, 3.63) is 40.7 Å². The summed E-state index contributed by atoms with van der Waals surface area (Å²) in [5.74, 6) is -0.0533. The minimum atomic E-state index is -0.468. The Morgan fingerprint density at radius 2 is 2.24 bits per heavy atom. The average molecular weight is 232 g/mol. The summed E-state index contributed by atoms with van der Waals surface area (Å²) in [4.78, 5) is 0. The first-order valence-corrected chi connectivity index (χ1v) is 5.63. The molecule has 0 aromatic heterocycles. The Labute approximate surface area is 102 Å². The van der Waals surface area contributed by atoms with Gasteiger partial charge < -0.3 is 5.32 Å². The third-order valence-electron chi connectivity index (χ3n) is 2.59. The number of nitrogens with one attached hydrogen (secondary N) is 1. The number of halogens is 1. The lowest BCUT2D eigenvalue weighted by Gasteiger charge is -2.11. The first kappa shape index (κ1) is 13.4. The third-order valence-corrected chi connectivity index (χ3v) is 2.59. The van der Waals surface area contributed by atoms with E-state index in [2.05, 4.69) is 19.2 Å². The molecule has 90 valence electrons. The van der Waals surface area contributed by atoms with Crippen molar-refractivity contribution in [1.82, 2.24) is 5.32 Å². The third kappa shape index (κ3) is 3.69. The minimum absolute atomic E-state index is 0.0892. The van der Waals surface area contributed by atoms with Crippen LogP contribution in [0.2, 0.25) is 0 Å². The molecule has 0 saturated heterocycles. The highest BCUT2D eigenvalue weighted by atomic mass is 19.1. The van der Waals surface area contributed by atoms with Crippen molar-refractivity contribution >= 4 is 6.08 Å². The van der Waals surface area contributed by atoms with E-state index in [1.807, 2.05) is 19.2 Å². The molecule has 1 aromatic carbocycles. The number of hydrogen-bond acceptors (Lipinski definition) is 2. The smallest absolute Gasteiger partial charge is 0.140 e. The maximum atomic E-state index is 13.2. The van der Waals surface area contributed by atoms with Gasteiger partial charge in [0.05, 0.1) is 5.56 Å². The Balaban J connectivity index is 3.08. The largest absolute Gasteiger partial charge is 0.316 e. The maximum Gasteiger partial charge on any atom is 0.140 e. The lowest BCUT2D eigenvalue weighted by Crippen LogP contribution is -2.13.